The molecule has 1 aliphatic rings. The highest BCUT2D eigenvalue weighted by molar-refractivity contribution is 7.92. The molecule has 1 fully saturated rings. The van der Waals surface area contributed by atoms with Crippen molar-refractivity contribution < 1.29 is 22.7 Å². The molecule has 28 heavy (non-hydrogen) atoms. The Bertz CT molecular complexity index is 936. The van der Waals surface area contributed by atoms with Crippen LogP contribution in [-0.4, -0.2) is 46.8 Å². The van der Waals surface area contributed by atoms with E-state index in [1.807, 2.05) is 13.0 Å². The van der Waals surface area contributed by atoms with Gasteiger partial charge in [0.05, 0.1) is 30.8 Å². The standard InChI is InChI=1S/C20H24N2O5S/c1-14-3-4-15(2)19(11-14)28(24,25)22-17-7-5-16(6-8-17)20(23)21-12-18-13-26-9-10-27-18/h3-8,11,18,22H,9-10,12-13H2,1-2H3,(H,21,23). The number of hydrogen-bond acceptors (Lipinski definition) is 5. The van der Waals surface area contributed by atoms with Crippen LogP contribution >= 0.6 is 0 Å². The maximum Gasteiger partial charge on any atom is 0.262 e. The van der Waals surface area contributed by atoms with Gasteiger partial charge in [0.2, 0.25) is 0 Å². The van der Waals surface area contributed by atoms with E-state index in [0.717, 1.165) is 5.56 Å². The van der Waals surface area contributed by atoms with Crippen molar-refractivity contribution in [1.82, 2.24) is 5.32 Å². The second-order valence-corrected chi connectivity index (χ2v) is 8.38. The maximum absolute atomic E-state index is 12.7. The van der Waals surface area contributed by atoms with Crippen molar-refractivity contribution in [2.45, 2.75) is 24.8 Å². The van der Waals surface area contributed by atoms with Gasteiger partial charge in [0.1, 0.15) is 0 Å². The lowest BCUT2D eigenvalue weighted by Crippen LogP contribution is -2.39. The number of sulfonamides is 1. The predicted molar refractivity (Wildman–Crippen MR) is 106 cm³/mol. The third kappa shape index (κ3) is 5.09. The van der Waals surface area contributed by atoms with Gasteiger partial charge in [-0.05, 0) is 55.3 Å². The van der Waals surface area contributed by atoms with Crippen molar-refractivity contribution in [1.29, 1.82) is 0 Å². The highest BCUT2D eigenvalue weighted by Gasteiger charge is 2.18. The average Bonchev–Trinajstić information content (AvgIpc) is 2.69. The Morgan fingerprint density at radius 2 is 1.86 bits per heavy atom. The summed E-state index contributed by atoms with van der Waals surface area (Å²) in [5.74, 6) is -0.252. The number of ether oxygens (including phenoxy) is 2. The lowest BCUT2D eigenvalue weighted by molar-refractivity contribution is -0.0855. The molecule has 1 amide bonds. The van der Waals surface area contributed by atoms with Crippen LogP contribution in [0.2, 0.25) is 0 Å². The Balaban J connectivity index is 1.63. The number of anilines is 1. The van der Waals surface area contributed by atoms with Gasteiger partial charge < -0.3 is 14.8 Å². The molecule has 0 radical (unpaired) electrons. The van der Waals surface area contributed by atoms with E-state index < -0.39 is 10.0 Å². The summed E-state index contributed by atoms with van der Waals surface area (Å²) in [5, 5.41) is 2.79. The van der Waals surface area contributed by atoms with Gasteiger partial charge >= 0.3 is 0 Å². The monoisotopic (exact) mass is 404 g/mol. The number of hydrogen-bond donors (Lipinski definition) is 2. The molecule has 2 aromatic rings. The minimum Gasteiger partial charge on any atom is -0.376 e. The Morgan fingerprint density at radius 3 is 2.54 bits per heavy atom. The van der Waals surface area contributed by atoms with E-state index >= 15 is 0 Å². The first kappa shape index (κ1) is 20.3. The summed E-state index contributed by atoms with van der Waals surface area (Å²) in [5.41, 5.74) is 2.36. The van der Waals surface area contributed by atoms with Gasteiger partial charge in [0.25, 0.3) is 15.9 Å². The molecule has 7 nitrogen and oxygen atoms in total. The third-order valence-electron chi connectivity index (χ3n) is 4.41. The molecule has 0 aromatic heterocycles. The summed E-state index contributed by atoms with van der Waals surface area (Å²) in [7, 11) is -3.71. The Kier molecular flexibility index (Phi) is 6.33. The topological polar surface area (TPSA) is 93.7 Å². The van der Waals surface area contributed by atoms with Gasteiger partial charge in [-0.15, -0.1) is 0 Å². The van der Waals surface area contributed by atoms with Gasteiger partial charge in [0, 0.05) is 17.8 Å². The number of rotatable bonds is 6. The van der Waals surface area contributed by atoms with E-state index in [4.69, 9.17) is 9.47 Å². The molecule has 0 spiro atoms. The molecule has 0 bridgehead atoms. The van der Waals surface area contributed by atoms with Crippen LogP contribution in [0.4, 0.5) is 5.69 Å². The minimum absolute atomic E-state index is 0.152. The van der Waals surface area contributed by atoms with Crippen LogP contribution in [-0.2, 0) is 19.5 Å². The largest absolute Gasteiger partial charge is 0.376 e. The van der Waals surface area contributed by atoms with Crippen LogP contribution in [0.5, 0.6) is 0 Å². The molecule has 8 heteroatoms. The lowest BCUT2D eigenvalue weighted by atomic mass is 10.2. The number of nitrogens with one attached hydrogen (secondary N) is 2. The SMILES string of the molecule is Cc1ccc(C)c(S(=O)(=O)Nc2ccc(C(=O)NCC3COCCO3)cc2)c1. The van der Waals surface area contributed by atoms with Gasteiger partial charge in [-0.2, -0.15) is 0 Å². The normalized spacial score (nSPS) is 17.1. The molecule has 2 aromatic carbocycles. The van der Waals surface area contributed by atoms with E-state index in [1.54, 1.807) is 43.3 Å². The number of aryl methyl sites for hydroxylation is 2. The van der Waals surface area contributed by atoms with Crippen molar-refractivity contribution >= 4 is 21.6 Å². The second-order valence-electron chi connectivity index (χ2n) is 6.73. The minimum atomic E-state index is -3.71. The number of carbonyl (C=O) groups is 1. The summed E-state index contributed by atoms with van der Waals surface area (Å²) in [6, 6.07) is 11.6. The van der Waals surface area contributed by atoms with Gasteiger partial charge in [0.15, 0.2) is 0 Å². The predicted octanol–water partition coefficient (Wildman–Crippen LogP) is 2.25. The van der Waals surface area contributed by atoms with Crippen LogP contribution in [0, 0.1) is 13.8 Å². The Labute approximate surface area is 165 Å². The van der Waals surface area contributed by atoms with Crippen LogP contribution in [0.1, 0.15) is 21.5 Å². The molecular formula is C20H24N2O5S. The number of carbonyl (C=O) groups excluding carboxylic acids is 1. The second kappa shape index (κ2) is 8.72. The number of amides is 1. The van der Waals surface area contributed by atoms with Gasteiger partial charge in [-0.25, -0.2) is 8.42 Å². The fourth-order valence-electron chi connectivity index (χ4n) is 2.86. The zero-order valence-electron chi connectivity index (χ0n) is 15.9. The van der Waals surface area contributed by atoms with Crippen molar-refractivity contribution in [2.24, 2.45) is 0 Å². The van der Waals surface area contributed by atoms with E-state index in [2.05, 4.69) is 10.0 Å². The fraction of sp³-hybridized carbons (Fsp3) is 0.350. The molecular weight excluding hydrogens is 380 g/mol. The van der Waals surface area contributed by atoms with Crippen molar-refractivity contribution in [3.05, 3.63) is 59.2 Å². The molecule has 150 valence electrons. The van der Waals surface area contributed by atoms with Gasteiger partial charge in [-0.1, -0.05) is 12.1 Å². The van der Waals surface area contributed by atoms with Crippen LogP contribution in [0.25, 0.3) is 0 Å². The van der Waals surface area contributed by atoms with E-state index in [0.29, 0.717) is 43.2 Å². The van der Waals surface area contributed by atoms with E-state index in [9.17, 15) is 13.2 Å². The lowest BCUT2D eigenvalue weighted by Gasteiger charge is -2.23. The van der Waals surface area contributed by atoms with Crippen molar-refractivity contribution in [2.75, 3.05) is 31.1 Å². The van der Waals surface area contributed by atoms with Gasteiger partial charge in [-0.3, -0.25) is 9.52 Å². The first-order chi connectivity index (χ1) is 13.3. The molecule has 1 heterocycles. The summed E-state index contributed by atoms with van der Waals surface area (Å²) in [4.78, 5) is 12.5. The van der Waals surface area contributed by atoms with Crippen LogP contribution in [0.3, 0.4) is 0 Å². The molecule has 1 atom stereocenters. The molecule has 2 N–H and O–H groups in total. The highest BCUT2D eigenvalue weighted by Crippen LogP contribution is 2.21. The zero-order chi connectivity index (χ0) is 20.1. The summed E-state index contributed by atoms with van der Waals surface area (Å²) < 4.78 is 38.6. The van der Waals surface area contributed by atoms with Crippen molar-refractivity contribution in [3.63, 3.8) is 0 Å². The van der Waals surface area contributed by atoms with Crippen molar-refractivity contribution in [3.8, 4) is 0 Å². The molecule has 1 saturated heterocycles. The van der Waals surface area contributed by atoms with Crippen LogP contribution < -0.4 is 10.0 Å². The smallest absolute Gasteiger partial charge is 0.262 e. The number of benzene rings is 2. The first-order valence-electron chi connectivity index (χ1n) is 9.03. The van der Waals surface area contributed by atoms with E-state index in [-0.39, 0.29) is 16.9 Å². The fourth-order valence-corrected chi connectivity index (χ4v) is 4.25. The zero-order valence-corrected chi connectivity index (χ0v) is 16.7. The molecule has 3 rings (SSSR count). The highest BCUT2D eigenvalue weighted by atomic mass is 32.2. The average molecular weight is 404 g/mol. The third-order valence-corrected chi connectivity index (χ3v) is 5.93. The molecule has 0 aliphatic carbocycles. The summed E-state index contributed by atoms with van der Waals surface area (Å²) >= 11 is 0. The summed E-state index contributed by atoms with van der Waals surface area (Å²) in [6.07, 6.45) is -0.152. The maximum atomic E-state index is 12.7. The summed E-state index contributed by atoms with van der Waals surface area (Å²) in [6.45, 7) is 5.51. The molecule has 1 unspecified atom stereocenters. The first-order valence-corrected chi connectivity index (χ1v) is 10.5. The quantitative estimate of drug-likeness (QED) is 0.770. The molecule has 1 aliphatic heterocycles. The molecule has 0 saturated carbocycles. The Morgan fingerprint density at radius 1 is 1.11 bits per heavy atom. The van der Waals surface area contributed by atoms with E-state index in [1.165, 1.54) is 0 Å². The Hall–Kier alpha value is -2.42. The van der Waals surface area contributed by atoms with Crippen LogP contribution in [0.15, 0.2) is 47.4 Å².